The van der Waals surface area contributed by atoms with E-state index in [1.54, 1.807) is 0 Å². The fourth-order valence-corrected chi connectivity index (χ4v) is 2.01. The Morgan fingerprint density at radius 3 is 2.50 bits per heavy atom. The van der Waals surface area contributed by atoms with Crippen molar-refractivity contribution in [3.63, 3.8) is 0 Å². The largest absolute Gasteiger partial charge is 0.303 e. The summed E-state index contributed by atoms with van der Waals surface area (Å²) in [5.41, 5.74) is 1.35. The van der Waals surface area contributed by atoms with Crippen LogP contribution in [0.4, 0.5) is 0 Å². The van der Waals surface area contributed by atoms with Crippen LogP contribution in [0.1, 0.15) is 24.8 Å². The van der Waals surface area contributed by atoms with Crippen LogP contribution in [0.3, 0.4) is 0 Å². The molecular formula is C13H18N. The predicted molar refractivity (Wildman–Crippen MR) is 60.1 cm³/mol. The smallest absolute Gasteiger partial charge is 0.00127 e. The first kappa shape index (κ1) is 9.72. The average molecular weight is 188 g/mol. The summed E-state index contributed by atoms with van der Waals surface area (Å²) in [6.45, 7) is 3.85. The third-order valence-corrected chi connectivity index (χ3v) is 2.82. The number of nitrogens with zero attached hydrogens (tertiary/aromatic N) is 1. The van der Waals surface area contributed by atoms with Gasteiger partial charge in [-0.1, -0.05) is 30.3 Å². The van der Waals surface area contributed by atoms with E-state index < -0.39 is 0 Å². The molecule has 1 heterocycles. The van der Waals surface area contributed by atoms with Gasteiger partial charge < -0.3 is 4.90 Å². The highest BCUT2D eigenvalue weighted by Gasteiger charge is 2.10. The Bertz CT molecular complexity index is 249. The van der Waals surface area contributed by atoms with E-state index in [0.29, 0.717) is 0 Å². The summed E-state index contributed by atoms with van der Waals surface area (Å²) in [5, 5.41) is 0. The van der Waals surface area contributed by atoms with Gasteiger partial charge in [0, 0.05) is 0 Å². The molecule has 0 spiro atoms. The molecule has 0 atom stereocenters. The maximum atomic E-state index is 2.56. The Hall–Kier alpha value is -0.820. The summed E-state index contributed by atoms with van der Waals surface area (Å²) in [6, 6.07) is 10.6. The zero-order chi connectivity index (χ0) is 9.64. The average Bonchev–Trinajstić information content (AvgIpc) is 2.72. The van der Waals surface area contributed by atoms with Crippen molar-refractivity contribution >= 4 is 0 Å². The van der Waals surface area contributed by atoms with Crippen molar-refractivity contribution in [2.75, 3.05) is 19.6 Å². The van der Waals surface area contributed by atoms with Crippen molar-refractivity contribution in [2.45, 2.75) is 19.3 Å². The van der Waals surface area contributed by atoms with Gasteiger partial charge >= 0.3 is 0 Å². The minimum Gasteiger partial charge on any atom is -0.303 e. The lowest BCUT2D eigenvalue weighted by molar-refractivity contribution is 0.343. The molecule has 0 unspecified atom stereocenters. The molecule has 2 rings (SSSR count). The molecule has 0 amide bonds. The first-order chi connectivity index (χ1) is 6.95. The van der Waals surface area contributed by atoms with Gasteiger partial charge in [-0.25, -0.2) is 0 Å². The van der Waals surface area contributed by atoms with Crippen LogP contribution in [0.2, 0.25) is 0 Å². The summed E-state index contributed by atoms with van der Waals surface area (Å²) in [7, 11) is 0. The molecular weight excluding hydrogens is 170 g/mol. The van der Waals surface area contributed by atoms with E-state index in [9.17, 15) is 0 Å². The maximum Gasteiger partial charge on any atom is -0.00127 e. The van der Waals surface area contributed by atoms with Crippen LogP contribution >= 0.6 is 0 Å². The molecule has 1 aliphatic rings. The standard InChI is InChI=1S/C13H18N/c1-2-7-13(8-3-1)9-6-12-14-10-4-5-11-14/h1-3,7-9H,4-6,10-12H2. The zero-order valence-corrected chi connectivity index (χ0v) is 8.65. The van der Waals surface area contributed by atoms with E-state index in [4.69, 9.17) is 0 Å². The SMILES string of the molecule is [CH](CCN1CCCC1)c1ccccc1. The van der Waals surface area contributed by atoms with E-state index in [2.05, 4.69) is 41.7 Å². The van der Waals surface area contributed by atoms with Gasteiger partial charge in [-0.3, -0.25) is 0 Å². The molecule has 0 aliphatic carbocycles. The van der Waals surface area contributed by atoms with Crippen LogP contribution in [-0.4, -0.2) is 24.5 Å². The third-order valence-electron chi connectivity index (χ3n) is 2.82. The van der Waals surface area contributed by atoms with E-state index in [1.165, 1.54) is 44.5 Å². The first-order valence-corrected chi connectivity index (χ1v) is 5.56. The Morgan fingerprint density at radius 2 is 1.79 bits per heavy atom. The number of benzene rings is 1. The number of hydrogen-bond donors (Lipinski definition) is 0. The van der Waals surface area contributed by atoms with Crippen LogP contribution in [0.25, 0.3) is 0 Å². The summed E-state index contributed by atoms with van der Waals surface area (Å²) in [4.78, 5) is 2.56. The summed E-state index contributed by atoms with van der Waals surface area (Å²) in [5.74, 6) is 0. The Balaban J connectivity index is 1.67. The molecule has 75 valence electrons. The maximum absolute atomic E-state index is 2.56. The molecule has 1 aromatic carbocycles. The minimum absolute atomic E-state index is 1.18. The van der Waals surface area contributed by atoms with Crippen molar-refractivity contribution in [3.05, 3.63) is 42.3 Å². The topological polar surface area (TPSA) is 3.24 Å². The van der Waals surface area contributed by atoms with Crippen molar-refractivity contribution in [1.82, 2.24) is 4.90 Å². The fraction of sp³-hybridized carbons (Fsp3) is 0.462. The molecule has 1 aliphatic heterocycles. The van der Waals surface area contributed by atoms with Gasteiger partial charge in [-0.05, 0) is 50.9 Å². The Morgan fingerprint density at radius 1 is 1.07 bits per heavy atom. The van der Waals surface area contributed by atoms with Gasteiger partial charge in [0.1, 0.15) is 0 Å². The van der Waals surface area contributed by atoms with Gasteiger partial charge in [0.2, 0.25) is 0 Å². The van der Waals surface area contributed by atoms with E-state index in [1.807, 2.05) is 0 Å². The van der Waals surface area contributed by atoms with Crippen LogP contribution in [0.5, 0.6) is 0 Å². The number of hydrogen-bond acceptors (Lipinski definition) is 1. The molecule has 1 heteroatoms. The predicted octanol–water partition coefficient (Wildman–Crippen LogP) is 2.72. The molecule has 1 radical (unpaired) electrons. The van der Waals surface area contributed by atoms with Gasteiger partial charge in [0.15, 0.2) is 0 Å². The van der Waals surface area contributed by atoms with Crippen LogP contribution in [-0.2, 0) is 0 Å². The molecule has 1 aromatic rings. The number of likely N-dealkylation sites (tertiary alicyclic amines) is 1. The molecule has 1 saturated heterocycles. The Kier molecular flexibility index (Phi) is 3.58. The molecule has 0 aromatic heterocycles. The lowest BCUT2D eigenvalue weighted by Crippen LogP contribution is -2.20. The second-order valence-corrected chi connectivity index (χ2v) is 3.95. The molecule has 0 saturated carbocycles. The second kappa shape index (κ2) is 5.16. The van der Waals surface area contributed by atoms with Crippen molar-refractivity contribution in [3.8, 4) is 0 Å². The summed E-state index contributed by atoms with van der Waals surface area (Å²) >= 11 is 0. The second-order valence-electron chi connectivity index (χ2n) is 3.95. The highest BCUT2D eigenvalue weighted by Crippen LogP contribution is 2.10. The summed E-state index contributed by atoms with van der Waals surface area (Å²) < 4.78 is 0. The van der Waals surface area contributed by atoms with Crippen molar-refractivity contribution < 1.29 is 0 Å². The lowest BCUT2D eigenvalue weighted by Gasteiger charge is -2.13. The molecule has 1 fully saturated rings. The van der Waals surface area contributed by atoms with Gasteiger partial charge in [0.05, 0.1) is 0 Å². The van der Waals surface area contributed by atoms with Gasteiger partial charge in [-0.15, -0.1) is 0 Å². The summed E-state index contributed by atoms with van der Waals surface area (Å²) in [6.07, 6.45) is 6.30. The van der Waals surface area contributed by atoms with Crippen molar-refractivity contribution in [1.29, 1.82) is 0 Å². The van der Waals surface area contributed by atoms with E-state index in [-0.39, 0.29) is 0 Å². The molecule has 0 N–H and O–H groups in total. The first-order valence-electron chi connectivity index (χ1n) is 5.56. The van der Waals surface area contributed by atoms with Crippen LogP contribution in [0, 0.1) is 6.42 Å². The monoisotopic (exact) mass is 188 g/mol. The van der Waals surface area contributed by atoms with E-state index in [0.717, 1.165) is 0 Å². The van der Waals surface area contributed by atoms with Crippen LogP contribution < -0.4 is 0 Å². The quantitative estimate of drug-likeness (QED) is 0.702. The van der Waals surface area contributed by atoms with Gasteiger partial charge in [0.25, 0.3) is 0 Å². The van der Waals surface area contributed by atoms with Gasteiger partial charge in [-0.2, -0.15) is 0 Å². The minimum atomic E-state index is 1.18. The molecule has 0 bridgehead atoms. The number of rotatable bonds is 4. The Labute approximate surface area is 86.7 Å². The normalized spacial score (nSPS) is 17.4. The molecule has 14 heavy (non-hydrogen) atoms. The fourth-order valence-electron chi connectivity index (χ4n) is 2.01. The zero-order valence-electron chi connectivity index (χ0n) is 8.65. The lowest BCUT2D eigenvalue weighted by atomic mass is 10.1. The highest BCUT2D eigenvalue weighted by molar-refractivity contribution is 5.22. The van der Waals surface area contributed by atoms with Crippen LogP contribution in [0.15, 0.2) is 30.3 Å². The third kappa shape index (κ3) is 2.85. The van der Waals surface area contributed by atoms with E-state index >= 15 is 0 Å². The van der Waals surface area contributed by atoms with Crippen molar-refractivity contribution in [2.24, 2.45) is 0 Å². The molecule has 1 nitrogen and oxygen atoms in total. The highest BCUT2D eigenvalue weighted by atomic mass is 15.1.